The summed E-state index contributed by atoms with van der Waals surface area (Å²) in [6.45, 7) is 1.54. The lowest BCUT2D eigenvalue weighted by atomic mass is 10.4. The molecular formula is C6H11NO4. The summed E-state index contributed by atoms with van der Waals surface area (Å²) in [6, 6.07) is -0.384. The van der Waals surface area contributed by atoms with E-state index in [2.05, 4.69) is 14.8 Å². The van der Waals surface area contributed by atoms with Crippen molar-refractivity contribution in [3.8, 4) is 0 Å². The third-order valence-corrected chi connectivity index (χ3v) is 1.12. The van der Waals surface area contributed by atoms with Gasteiger partial charge in [0.05, 0.1) is 0 Å². The number of likely N-dealkylation sites (N-methyl/N-ethyl adjacent to an activating group) is 1. The van der Waals surface area contributed by atoms with Gasteiger partial charge in [-0.15, -0.1) is 0 Å². The van der Waals surface area contributed by atoms with Crippen molar-refractivity contribution in [2.45, 2.75) is 13.0 Å². The van der Waals surface area contributed by atoms with E-state index in [1.807, 2.05) is 0 Å². The van der Waals surface area contributed by atoms with Crippen LogP contribution in [0.1, 0.15) is 6.92 Å². The standard InChI is InChI=1S/C6H11NO4/c1-5(7-2)6(9)11-4-10-3-8/h3,5,7H,4H2,1-2H3. The molecule has 0 bridgehead atoms. The molecule has 11 heavy (non-hydrogen) atoms. The lowest BCUT2D eigenvalue weighted by Gasteiger charge is -2.08. The van der Waals surface area contributed by atoms with Crippen LogP contribution in [0.25, 0.3) is 0 Å². The second kappa shape index (κ2) is 5.67. The molecule has 0 aliphatic carbocycles. The van der Waals surface area contributed by atoms with E-state index in [0.717, 1.165) is 0 Å². The predicted octanol–water partition coefficient (Wildman–Crippen LogP) is -0.732. The van der Waals surface area contributed by atoms with E-state index in [-0.39, 0.29) is 19.3 Å². The minimum Gasteiger partial charge on any atom is -0.430 e. The Hall–Kier alpha value is -1.10. The fourth-order valence-corrected chi connectivity index (χ4v) is 0.363. The zero-order chi connectivity index (χ0) is 8.69. The van der Waals surface area contributed by atoms with Crippen LogP contribution in [-0.2, 0) is 19.1 Å². The van der Waals surface area contributed by atoms with Gasteiger partial charge in [-0.3, -0.25) is 9.59 Å². The molecule has 0 spiro atoms. The molecule has 0 aliphatic rings. The van der Waals surface area contributed by atoms with Gasteiger partial charge in [0.1, 0.15) is 6.04 Å². The number of hydrogen-bond donors (Lipinski definition) is 1. The monoisotopic (exact) mass is 161 g/mol. The Morgan fingerprint density at radius 3 is 2.82 bits per heavy atom. The normalized spacial score (nSPS) is 11.8. The van der Waals surface area contributed by atoms with Gasteiger partial charge in [0.15, 0.2) is 0 Å². The summed E-state index contributed by atoms with van der Waals surface area (Å²) in [5, 5.41) is 2.67. The fraction of sp³-hybridized carbons (Fsp3) is 0.667. The second-order valence-corrected chi connectivity index (χ2v) is 1.85. The molecule has 5 nitrogen and oxygen atoms in total. The fourth-order valence-electron chi connectivity index (χ4n) is 0.363. The van der Waals surface area contributed by atoms with Crippen LogP contribution >= 0.6 is 0 Å². The van der Waals surface area contributed by atoms with Gasteiger partial charge in [-0.1, -0.05) is 0 Å². The zero-order valence-corrected chi connectivity index (χ0v) is 6.49. The number of nitrogens with one attached hydrogen (secondary N) is 1. The van der Waals surface area contributed by atoms with E-state index in [1.54, 1.807) is 14.0 Å². The van der Waals surface area contributed by atoms with Crippen molar-refractivity contribution in [1.82, 2.24) is 5.32 Å². The van der Waals surface area contributed by atoms with Crippen molar-refractivity contribution in [3.05, 3.63) is 0 Å². The Morgan fingerprint density at radius 1 is 1.73 bits per heavy atom. The minimum atomic E-state index is -0.450. The summed E-state index contributed by atoms with van der Waals surface area (Å²) in [4.78, 5) is 20.4. The van der Waals surface area contributed by atoms with E-state index in [9.17, 15) is 9.59 Å². The molecule has 64 valence electrons. The maximum Gasteiger partial charge on any atom is 0.325 e. The molecule has 1 atom stereocenters. The largest absolute Gasteiger partial charge is 0.430 e. The number of esters is 1. The van der Waals surface area contributed by atoms with E-state index in [1.165, 1.54) is 0 Å². The first-order valence-electron chi connectivity index (χ1n) is 3.11. The SMILES string of the molecule is CNC(C)C(=O)OCOC=O. The Kier molecular flexibility index (Phi) is 5.10. The molecule has 0 aromatic heterocycles. The van der Waals surface area contributed by atoms with Crippen molar-refractivity contribution in [3.63, 3.8) is 0 Å². The highest BCUT2D eigenvalue weighted by Gasteiger charge is 2.10. The number of ether oxygens (including phenoxy) is 2. The third-order valence-electron chi connectivity index (χ3n) is 1.12. The van der Waals surface area contributed by atoms with Gasteiger partial charge in [-0.05, 0) is 14.0 Å². The molecule has 1 N–H and O–H groups in total. The van der Waals surface area contributed by atoms with Crippen molar-refractivity contribution in [1.29, 1.82) is 0 Å². The average Bonchev–Trinajstić information content (AvgIpc) is 2.03. The highest BCUT2D eigenvalue weighted by molar-refractivity contribution is 5.75. The van der Waals surface area contributed by atoms with Crippen LogP contribution in [0.15, 0.2) is 0 Å². The van der Waals surface area contributed by atoms with Crippen LogP contribution in [0.5, 0.6) is 0 Å². The van der Waals surface area contributed by atoms with Crippen LogP contribution in [-0.4, -0.2) is 32.3 Å². The summed E-state index contributed by atoms with van der Waals surface area (Å²) < 4.78 is 8.63. The number of carbonyl (C=O) groups excluding carboxylic acids is 2. The number of hydrogen-bond acceptors (Lipinski definition) is 5. The first kappa shape index (κ1) is 9.90. The summed E-state index contributed by atoms with van der Waals surface area (Å²) >= 11 is 0. The highest BCUT2D eigenvalue weighted by Crippen LogP contribution is 1.85. The Labute approximate surface area is 64.7 Å². The topological polar surface area (TPSA) is 64.6 Å². The maximum atomic E-state index is 10.8. The van der Waals surface area contributed by atoms with Gasteiger partial charge in [-0.2, -0.15) is 0 Å². The zero-order valence-electron chi connectivity index (χ0n) is 6.49. The smallest absolute Gasteiger partial charge is 0.325 e. The van der Waals surface area contributed by atoms with Gasteiger partial charge < -0.3 is 14.8 Å². The molecule has 0 fully saturated rings. The van der Waals surface area contributed by atoms with Crippen LogP contribution < -0.4 is 5.32 Å². The van der Waals surface area contributed by atoms with Gasteiger partial charge in [-0.25, -0.2) is 0 Å². The molecule has 0 saturated carbocycles. The lowest BCUT2D eigenvalue weighted by Crippen LogP contribution is -2.32. The third kappa shape index (κ3) is 4.32. The summed E-state index contributed by atoms with van der Waals surface area (Å²) in [7, 11) is 1.63. The molecular weight excluding hydrogens is 150 g/mol. The molecule has 0 aromatic carbocycles. The lowest BCUT2D eigenvalue weighted by molar-refractivity contribution is -0.161. The predicted molar refractivity (Wildman–Crippen MR) is 36.6 cm³/mol. The van der Waals surface area contributed by atoms with Gasteiger partial charge in [0.25, 0.3) is 6.47 Å². The molecule has 1 unspecified atom stereocenters. The molecule has 0 aromatic rings. The molecule has 0 rings (SSSR count). The summed E-state index contributed by atoms with van der Waals surface area (Å²) in [6.07, 6.45) is 0. The van der Waals surface area contributed by atoms with E-state index in [4.69, 9.17) is 0 Å². The van der Waals surface area contributed by atoms with Gasteiger partial charge in [0, 0.05) is 0 Å². The quantitative estimate of drug-likeness (QED) is 0.249. The number of carbonyl (C=O) groups is 2. The molecule has 0 aliphatic heterocycles. The van der Waals surface area contributed by atoms with Crippen LogP contribution in [0.3, 0.4) is 0 Å². The van der Waals surface area contributed by atoms with Crippen LogP contribution in [0.2, 0.25) is 0 Å². The van der Waals surface area contributed by atoms with Crippen molar-refractivity contribution in [2.24, 2.45) is 0 Å². The van der Waals surface area contributed by atoms with Gasteiger partial charge in [0.2, 0.25) is 6.79 Å². The van der Waals surface area contributed by atoms with E-state index in [0.29, 0.717) is 0 Å². The highest BCUT2D eigenvalue weighted by atomic mass is 16.7. The van der Waals surface area contributed by atoms with E-state index < -0.39 is 5.97 Å². The second-order valence-electron chi connectivity index (χ2n) is 1.85. The van der Waals surface area contributed by atoms with Crippen LogP contribution in [0, 0.1) is 0 Å². The van der Waals surface area contributed by atoms with Gasteiger partial charge >= 0.3 is 5.97 Å². The molecule has 0 amide bonds. The van der Waals surface area contributed by atoms with Crippen molar-refractivity contribution in [2.75, 3.05) is 13.8 Å². The first-order chi connectivity index (χ1) is 5.22. The molecule has 0 heterocycles. The van der Waals surface area contributed by atoms with Crippen molar-refractivity contribution < 1.29 is 19.1 Å². The van der Waals surface area contributed by atoms with Crippen LogP contribution in [0.4, 0.5) is 0 Å². The summed E-state index contributed by atoms with van der Waals surface area (Å²) in [5.41, 5.74) is 0. The Bertz CT molecular complexity index is 137. The number of rotatable bonds is 5. The minimum absolute atomic E-state index is 0.220. The maximum absolute atomic E-state index is 10.8. The van der Waals surface area contributed by atoms with E-state index >= 15 is 0 Å². The molecule has 0 saturated heterocycles. The Morgan fingerprint density at radius 2 is 2.36 bits per heavy atom. The molecule has 5 heteroatoms. The Balaban J connectivity index is 3.43. The average molecular weight is 161 g/mol. The molecule has 0 radical (unpaired) electrons. The summed E-state index contributed by atoms with van der Waals surface area (Å²) in [5.74, 6) is -0.450. The van der Waals surface area contributed by atoms with Crippen molar-refractivity contribution >= 4 is 12.4 Å². The first-order valence-corrected chi connectivity index (χ1v) is 3.11.